The van der Waals surface area contributed by atoms with Gasteiger partial charge in [0.1, 0.15) is 0 Å². The van der Waals surface area contributed by atoms with E-state index in [1.807, 2.05) is 84.9 Å². The molecule has 0 bridgehead atoms. The monoisotopic (exact) mass is 395 g/mol. The Balaban J connectivity index is 1.68. The molecule has 4 nitrogen and oxygen atoms in total. The first-order valence-electron chi connectivity index (χ1n) is 9.80. The molecular weight excluding hydrogens is 374 g/mol. The fourth-order valence-corrected chi connectivity index (χ4v) is 3.55. The number of rotatable bonds is 6. The average Bonchev–Trinajstić information content (AvgIpc) is 2.77. The fraction of sp³-hybridized carbons (Fsp3) is 0.0769. The van der Waals surface area contributed by atoms with Crippen molar-refractivity contribution in [3.63, 3.8) is 0 Å². The van der Waals surface area contributed by atoms with Crippen LogP contribution in [-0.4, -0.2) is 17.0 Å². The van der Waals surface area contributed by atoms with Crippen LogP contribution in [-0.2, 0) is 11.2 Å². The minimum Gasteiger partial charge on any atom is -0.481 e. The number of nitrogens with one attached hydrogen (secondary N) is 1. The molecule has 0 atom stereocenters. The van der Waals surface area contributed by atoms with Crippen molar-refractivity contribution in [2.24, 2.45) is 0 Å². The van der Waals surface area contributed by atoms with E-state index in [2.05, 4.69) is 11.4 Å². The van der Waals surface area contributed by atoms with Crippen LogP contribution in [0.2, 0.25) is 0 Å². The molecule has 0 unspecified atom stereocenters. The van der Waals surface area contributed by atoms with Crippen molar-refractivity contribution in [1.29, 1.82) is 0 Å². The van der Waals surface area contributed by atoms with E-state index in [-0.39, 0.29) is 12.3 Å². The van der Waals surface area contributed by atoms with Crippen LogP contribution in [0.5, 0.6) is 0 Å². The van der Waals surface area contributed by atoms with Gasteiger partial charge in [-0.15, -0.1) is 0 Å². The quantitative estimate of drug-likeness (QED) is 0.435. The SMILES string of the molecule is O=C(O)CCc1cccc(NC(=O)c2cc(-c3ccccc3)cc3ccccc23)c1. The van der Waals surface area contributed by atoms with E-state index in [1.165, 1.54) is 0 Å². The second-order valence-corrected chi connectivity index (χ2v) is 7.16. The average molecular weight is 395 g/mol. The van der Waals surface area contributed by atoms with Crippen LogP contribution in [0.15, 0.2) is 91.0 Å². The van der Waals surface area contributed by atoms with E-state index in [1.54, 1.807) is 0 Å². The largest absolute Gasteiger partial charge is 0.481 e. The smallest absolute Gasteiger partial charge is 0.303 e. The van der Waals surface area contributed by atoms with Gasteiger partial charge < -0.3 is 10.4 Å². The number of benzene rings is 4. The van der Waals surface area contributed by atoms with E-state index in [9.17, 15) is 9.59 Å². The molecule has 148 valence electrons. The molecule has 0 heterocycles. The lowest BCUT2D eigenvalue weighted by molar-refractivity contribution is -0.136. The number of carboxylic acid groups (broad SMARTS) is 1. The number of aryl methyl sites for hydroxylation is 1. The van der Waals surface area contributed by atoms with Crippen molar-refractivity contribution in [2.75, 3.05) is 5.32 Å². The minimum atomic E-state index is -0.839. The molecule has 4 aromatic rings. The maximum absolute atomic E-state index is 13.2. The Morgan fingerprint density at radius 2 is 1.53 bits per heavy atom. The highest BCUT2D eigenvalue weighted by atomic mass is 16.4. The highest BCUT2D eigenvalue weighted by Gasteiger charge is 2.13. The topological polar surface area (TPSA) is 66.4 Å². The van der Waals surface area contributed by atoms with Crippen molar-refractivity contribution < 1.29 is 14.7 Å². The normalized spacial score (nSPS) is 10.7. The zero-order chi connectivity index (χ0) is 20.9. The summed E-state index contributed by atoms with van der Waals surface area (Å²) >= 11 is 0. The second-order valence-electron chi connectivity index (χ2n) is 7.16. The number of anilines is 1. The third kappa shape index (κ3) is 4.39. The lowest BCUT2D eigenvalue weighted by Crippen LogP contribution is -2.13. The predicted octanol–water partition coefficient (Wildman–Crippen LogP) is 5.78. The summed E-state index contributed by atoms with van der Waals surface area (Å²) in [5.41, 5.74) is 4.15. The van der Waals surface area contributed by atoms with E-state index < -0.39 is 5.97 Å². The van der Waals surface area contributed by atoms with Gasteiger partial charge in [-0.3, -0.25) is 9.59 Å². The van der Waals surface area contributed by atoms with Crippen LogP contribution in [0.4, 0.5) is 5.69 Å². The Labute approximate surface area is 174 Å². The van der Waals surface area contributed by atoms with Gasteiger partial charge in [-0.25, -0.2) is 0 Å². The molecule has 2 N–H and O–H groups in total. The van der Waals surface area contributed by atoms with Gasteiger partial charge in [0.25, 0.3) is 5.91 Å². The van der Waals surface area contributed by atoms with Crippen molar-refractivity contribution in [2.45, 2.75) is 12.8 Å². The Hall–Kier alpha value is -3.92. The Bertz CT molecular complexity index is 1220. The van der Waals surface area contributed by atoms with Crippen molar-refractivity contribution >= 4 is 28.3 Å². The van der Waals surface area contributed by atoms with Gasteiger partial charge in [-0.05, 0) is 58.1 Å². The molecule has 0 saturated heterocycles. The standard InChI is InChI=1S/C26H21NO3/c28-25(29)14-13-18-7-6-11-22(15-18)27-26(30)24-17-21(19-8-2-1-3-9-19)16-20-10-4-5-12-23(20)24/h1-12,15-17H,13-14H2,(H,27,30)(H,28,29). The molecule has 30 heavy (non-hydrogen) atoms. The van der Waals surface area contributed by atoms with Gasteiger partial charge in [0, 0.05) is 17.7 Å². The third-order valence-electron chi connectivity index (χ3n) is 5.03. The highest BCUT2D eigenvalue weighted by molar-refractivity contribution is 6.14. The Morgan fingerprint density at radius 1 is 0.767 bits per heavy atom. The van der Waals surface area contributed by atoms with Gasteiger partial charge in [0.2, 0.25) is 0 Å². The number of carbonyl (C=O) groups is 2. The second kappa shape index (κ2) is 8.62. The molecule has 0 aliphatic rings. The van der Waals surface area contributed by atoms with Crippen LogP contribution in [0, 0.1) is 0 Å². The van der Waals surface area contributed by atoms with Crippen LogP contribution in [0.1, 0.15) is 22.3 Å². The Kier molecular flexibility index (Phi) is 5.57. The summed E-state index contributed by atoms with van der Waals surface area (Å²) in [7, 11) is 0. The summed E-state index contributed by atoms with van der Waals surface area (Å²) in [4.78, 5) is 24.0. The van der Waals surface area contributed by atoms with Crippen molar-refractivity contribution in [3.8, 4) is 11.1 Å². The van der Waals surface area contributed by atoms with Gasteiger partial charge in [0.15, 0.2) is 0 Å². The van der Waals surface area contributed by atoms with Crippen LogP contribution in [0.25, 0.3) is 21.9 Å². The molecule has 0 fully saturated rings. The van der Waals surface area contributed by atoms with E-state index in [0.717, 1.165) is 27.5 Å². The zero-order valence-electron chi connectivity index (χ0n) is 16.3. The third-order valence-corrected chi connectivity index (χ3v) is 5.03. The van der Waals surface area contributed by atoms with E-state index >= 15 is 0 Å². The molecule has 0 aromatic heterocycles. The van der Waals surface area contributed by atoms with E-state index in [0.29, 0.717) is 17.7 Å². The summed E-state index contributed by atoms with van der Waals surface area (Å²) < 4.78 is 0. The molecule has 0 aliphatic carbocycles. The lowest BCUT2D eigenvalue weighted by atomic mass is 9.96. The number of hydrogen-bond donors (Lipinski definition) is 2. The first kappa shape index (κ1) is 19.4. The van der Waals surface area contributed by atoms with Gasteiger partial charge in [0.05, 0.1) is 0 Å². The lowest BCUT2D eigenvalue weighted by Gasteiger charge is -2.12. The van der Waals surface area contributed by atoms with Gasteiger partial charge in [-0.2, -0.15) is 0 Å². The molecule has 0 spiro atoms. The first-order valence-corrected chi connectivity index (χ1v) is 9.80. The molecule has 0 radical (unpaired) electrons. The predicted molar refractivity (Wildman–Crippen MR) is 120 cm³/mol. The number of aliphatic carboxylic acids is 1. The number of amides is 1. The molecule has 4 rings (SSSR count). The summed E-state index contributed by atoms with van der Waals surface area (Å²) in [6, 6.07) is 29.1. The summed E-state index contributed by atoms with van der Waals surface area (Å²) in [5, 5.41) is 13.7. The Morgan fingerprint density at radius 3 is 2.33 bits per heavy atom. The van der Waals surface area contributed by atoms with Crippen molar-refractivity contribution in [1.82, 2.24) is 0 Å². The summed E-state index contributed by atoms with van der Waals surface area (Å²) in [5.74, 6) is -1.03. The van der Waals surface area contributed by atoms with Crippen LogP contribution < -0.4 is 5.32 Å². The van der Waals surface area contributed by atoms with Gasteiger partial charge in [-0.1, -0.05) is 66.7 Å². The molecule has 4 aromatic carbocycles. The highest BCUT2D eigenvalue weighted by Crippen LogP contribution is 2.28. The summed E-state index contributed by atoms with van der Waals surface area (Å²) in [6.45, 7) is 0. The summed E-state index contributed by atoms with van der Waals surface area (Å²) in [6.07, 6.45) is 0.479. The number of fused-ring (bicyclic) bond motifs is 1. The van der Waals surface area contributed by atoms with Gasteiger partial charge >= 0.3 is 5.97 Å². The molecule has 4 heteroatoms. The molecule has 0 saturated carbocycles. The minimum absolute atomic E-state index is 0.0567. The maximum atomic E-state index is 13.2. The van der Waals surface area contributed by atoms with Crippen molar-refractivity contribution in [3.05, 3.63) is 102 Å². The first-order chi connectivity index (χ1) is 14.6. The molecule has 1 amide bonds. The molecular formula is C26H21NO3. The number of carboxylic acids is 1. The maximum Gasteiger partial charge on any atom is 0.303 e. The van der Waals surface area contributed by atoms with E-state index in [4.69, 9.17) is 5.11 Å². The van der Waals surface area contributed by atoms with Crippen LogP contribution in [0.3, 0.4) is 0 Å². The zero-order valence-corrected chi connectivity index (χ0v) is 16.3. The number of carbonyl (C=O) groups excluding carboxylic acids is 1. The van der Waals surface area contributed by atoms with Crippen LogP contribution >= 0.6 is 0 Å². The fourth-order valence-electron chi connectivity index (χ4n) is 3.55. The molecule has 0 aliphatic heterocycles. The number of hydrogen-bond acceptors (Lipinski definition) is 2.